The molecule has 1 aliphatic rings. The molecule has 2 aromatic carbocycles. The number of sulfonamides is 1. The van der Waals surface area contributed by atoms with Crippen molar-refractivity contribution in [3.63, 3.8) is 0 Å². The van der Waals surface area contributed by atoms with E-state index in [1.54, 1.807) is 35.2 Å². The summed E-state index contributed by atoms with van der Waals surface area (Å²) in [6.45, 7) is 1.22. The molecule has 1 saturated heterocycles. The highest BCUT2D eigenvalue weighted by Crippen LogP contribution is 2.27. The summed E-state index contributed by atoms with van der Waals surface area (Å²) in [5.74, 6) is -1.17. The van der Waals surface area contributed by atoms with Crippen LogP contribution in [0.5, 0.6) is 0 Å². The van der Waals surface area contributed by atoms with E-state index in [9.17, 15) is 18.0 Å². The summed E-state index contributed by atoms with van der Waals surface area (Å²) >= 11 is 6.15. The van der Waals surface area contributed by atoms with Crippen molar-refractivity contribution in [2.75, 3.05) is 27.2 Å². The zero-order chi connectivity index (χ0) is 21.9. The fourth-order valence-corrected chi connectivity index (χ4v) is 4.32. The Morgan fingerprint density at radius 2 is 1.70 bits per heavy atom. The lowest BCUT2D eigenvalue weighted by Crippen LogP contribution is -2.35. The Labute approximate surface area is 181 Å². The molecule has 3 rings (SSSR count). The van der Waals surface area contributed by atoms with Crippen LogP contribution in [-0.2, 0) is 19.6 Å². The number of carbonyl (C=O) groups is 2. The first-order valence-electron chi connectivity index (χ1n) is 9.48. The predicted molar refractivity (Wildman–Crippen MR) is 113 cm³/mol. The zero-order valence-electron chi connectivity index (χ0n) is 16.7. The van der Waals surface area contributed by atoms with E-state index in [1.165, 1.54) is 32.3 Å². The number of rotatable bonds is 6. The van der Waals surface area contributed by atoms with Gasteiger partial charge in [0.05, 0.1) is 15.5 Å². The van der Waals surface area contributed by atoms with Gasteiger partial charge >= 0.3 is 5.97 Å². The molecule has 1 heterocycles. The van der Waals surface area contributed by atoms with Crippen molar-refractivity contribution in [2.45, 2.75) is 23.8 Å². The topological polar surface area (TPSA) is 84.0 Å². The first kappa shape index (κ1) is 22.3. The third-order valence-electron chi connectivity index (χ3n) is 4.91. The molecule has 1 amide bonds. The van der Waals surface area contributed by atoms with Crippen molar-refractivity contribution in [1.82, 2.24) is 9.21 Å². The molecule has 9 heteroatoms. The van der Waals surface area contributed by atoms with Crippen molar-refractivity contribution >= 4 is 33.5 Å². The van der Waals surface area contributed by atoms with Crippen LogP contribution in [0, 0.1) is 0 Å². The van der Waals surface area contributed by atoms with Crippen LogP contribution >= 0.6 is 11.6 Å². The van der Waals surface area contributed by atoms with Crippen LogP contribution in [0.15, 0.2) is 53.4 Å². The number of nitrogens with zero attached hydrogens (tertiary/aromatic N) is 2. The van der Waals surface area contributed by atoms with Gasteiger partial charge in [-0.25, -0.2) is 17.5 Å². The third kappa shape index (κ3) is 4.66. The maximum atomic E-state index is 13.0. The number of hydrogen-bond donors (Lipinski definition) is 0. The van der Waals surface area contributed by atoms with Crippen LogP contribution in [0.3, 0.4) is 0 Å². The number of benzene rings is 2. The van der Waals surface area contributed by atoms with E-state index in [4.69, 9.17) is 16.3 Å². The van der Waals surface area contributed by atoms with Gasteiger partial charge in [0, 0.05) is 32.7 Å². The van der Waals surface area contributed by atoms with E-state index < -0.39 is 22.1 Å². The summed E-state index contributed by atoms with van der Waals surface area (Å²) in [4.78, 5) is 27.5. The molecule has 7 nitrogen and oxygen atoms in total. The monoisotopic (exact) mass is 450 g/mol. The third-order valence-corrected chi connectivity index (χ3v) is 7.05. The highest BCUT2D eigenvalue weighted by atomic mass is 35.5. The van der Waals surface area contributed by atoms with Gasteiger partial charge in [-0.05, 0) is 31.0 Å². The van der Waals surface area contributed by atoms with Gasteiger partial charge < -0.3 is 9.64 Å². The van der Waals surface area contributed by atoms with Crippen LogP contribution < -0.4 is 0 Å². The standard InChI is InChI=1S/C21H23ClN2O5S/c1-23(2)30(27,28)16-10-11-18(22)17(14-16)21(26)29-19(15-8-4-3-5-9-15)20(25)24-12-6-7-13-24/h3-5,8-11,14,19H,6-7,12-13H2,1-2H3. The van der Waals surface area contributed by atoms with Crippen LogP contribution in [0.4, 0.5) is 0 Å². The second kappa shape index (κ2) is 9.16. The lowest BCUT2D eigenvalue weighted by Gasteiger charge is -2.24. The first-order valence-corrected chi connectivity index (χ1v) is 11.3. The Morgan fingerprint density at radius 3 is 2.30 bits per heavy atom. The first-order chi connectivity index (χ1) is 14.2. The predicted octanol–water partition coefficient (Wildman–Crippen LogP) is 3.11. The molecule has 2 aromatic rings. The van der Waals surface area contributed by atoms with Gasteiger partial charge in [-0.1, -0.05) is 41.9 Å². The second-order valence-electron chi connectivity index (χ2n) is 7.16. The average Bonchev–Trinajstić information content (AvgIpc) is 3.27. The number of carbonyl (C=O) groups excluding carboxylic acids is 2. The van der Waals surface area contributed by atoms with Crippen molar-refractivity contribution in [3.05, 3.63) is 64.7 Å². The minimum Gasteiger partial charge on any atom is -0.444 e. The van der Waals surface area contributed by atoms with E-state index in [0.717, 1.165) is 17.1 Å². The highest BCUT2D eigenvalue weighted by molar-refractivity contribution is 7.89. The lowest BCUT2D eigenvalue weighted by molar-refractivity contribution is -0.140. The molecule has 30 heavy (non-hydrogen) atoms. The maximum absolute atomic E-state index is 13.0. The fraction of sp³-hybridized carbons (Fsp3) is 0.333. The van der Waals surface area contributed by atoms with Crippen LogP contribution in [-0.4, -0.2) is 56.7 Å². The number of halogens is 1. The van der Waals surface area contributed by atoms with Crippen molar-refractivity contribution in [1.29, 1.82) is 0 Å². The molecular weight excluding hydrogens is 428 g/mol. The largest absolute Gasteiger partial charge is 0.444 e. The van der Waals surface area contributed by atoms with Crippen LogP contribution in [0.2, 0.25) is 5.02 Å². The minimum atomic E-state index is -3.77. The lowest BCUT2D eigenvalue weighted by atomic mass is 10.1. The maximum Gasteiger partial charge on any atom is 0.340 e. The molecule has 0 bridgehead atoms. The van der Waals surface area contributed by atoms with E-state index in [2.05, 4.69) is 0 Å². The van der Waals surface area contributed by atoms with Gasteiger partial charge in [0.2, 0.25) is 16.1 Å². The molecule has 1 unspecified atom stereocenters. The number of likely N-dealkylation sites (tertiary alicyclic amines) is 1. The highest BCUT2D eigenvalue weighted by Gasteiger charge is 2.32. The smallest absolute Gasteiger partial charge is 0.340 e. The van der Waals surface area contributed by atoms with Crippen LogP contribution in [0.25, 0.3) is 0 Å². The van der Waals surface area contributed by atoms with E-state index in [-0.39, 0.29) is 21.4 Å². The van der Waals surface area contributed by atoms with Gasteiger partial charge in [0.15, 0.2) is 0 Å². The van der Waals surface area contributed by atoms with Crippen LogP contribution in [0.1, 0.15) is 34.9 Å². The van der Waals surface area contributed by atoms with E-state index in [1.807, 2.05) is 0 Å². The quantitative estimate of drug-likeness (QED) is 0.631. The van der Waals surface area contributed by atoms with Gasteiger partial charge in [-0.15, -0.1) is 0 Å². The normalized spacial score (nSPS) is 15.3. The molecule has 160 valence electrons. The minimum absolute atomic E-state index is 0.0399. The number of esters is 1. The summed E-state index contributed by atoms with van der Waals surface area (Å²) in [5.41, 5.74) is 0.422. The second-order valence-corrected chi connectivity index (χ2v) is 9.72. The summed E-state index contributed by atoms with van der Waals surface area (Å²) < 4.78 is 31.4. The Balaban J connectivity index is 1.93. The summed E-state index contributed by atoms with van der Waals surface area (Å²) in [7, 11) is -0.986. The summed E-state index contributed by atoms with van der Waals surface area (Å²) in [6.07, 6.45) is 0.663. The molecule has 0 N–H and O–H groups in total. The number of hydrogen-bond acceptors (Lipinski definition) is 5. The zero-order valence-corrected chi connectivity index (χ0v) is 18.3. The van der Waals surface area contributed by atoms with Crippen molar-refractivity contribution in [2.24, 2.45) is 0 Å². The Kier molecular flexibility index (Phi) is 6.80. The van der Waals surface area contributed by atoms with Gasteiger partial charge in [-0.3, -0.25) is 4.79 Å². The fourth-order valence-electron chi connectivity index (χ4n) is 3.19. The molecule has 1 fully saturated rings. The molecular formula is C21H23ClN2O5S. The van der Waals surface area contributed by atoms with Crippen molar-refractivity contribution in [3.8, 4) is 0 Å². The Morgan fingerprint density at radius 1 is 1.07 bits per heavy atom. The molecule has 0 saturated carbocycles. The molecule has 0 radical (unpaired) electrons. The molecule has 0 aromatic heterocycles. The SMILES string of the molecule is CN(C)S(=O)(=O)c1ccc(Cl)c(C(=O)OC(C(=O)N2CCCC2)c2ccccc2)c1. The van der Waals surface area contributed by atoms with Crippen molar-refractivity contribution < 1.29 is 22.7 Å². The summed E-state index contributed by atoms with van der Waals surface area (Å²) in [6, 6.07) is 12.5. The van der Waals surface area contributed by atoms with E-state index >= 15 is 0 Å². The molecule has 1 aliphatic heterocycles. The Bertz CT molecular complexity index is 1030. The molecule has 1 atom stereocenters. The van der Waals surface area contributed by atoms with Gasteiger partial charge in [-0.2, -0.15) is 0 Å². The Hall–Kier alpha value is -2.42. The molecule has 0 spiro atoms. The summed E-state index contributed by atoms with van der Waals surface area (Å²) in [5, 5.41) is 0.0399. The van der Waals surface area contributed by atoms with E-state index in [0.29, 0.717) is 18.7 Å². The van der Waals surface area contributed by atoms with Gasteiger partial charge in [0.1, 0.15) is 0 Å². The number of amides is 1. The average molecular weight is 451 g/mol. The van der Waals surface area contributed by atoms with Gasteiger partial charge in [0.25, 0.3) is 5.91 Å². The number of ether oxygens (including phenoxy) is 1. The molecule has 0 aliphatic carbocycles.